The van der Waals surface area contributed by atoms with Crippen LogP contribution in [0.1, 0.15) is 25.8 Å². The van der Waals surface area contributed by atoms with E-state index >= 15 is 0 Å². The van der Waals surface area contributed by atoms with E-state index in [1.165, 1.54) is 12.5 Å². The molecule has 0 radical (unpaired) electrons. The molecule has 0 aromatic heterocycles. The van der Waals surface area contributed by atoms with Gasteiger partial charge < -0.3 is 15.5 Å². The largest absolute Gasteiger partial charge is 0.355 e. The topological polar surface area (TPSA) is 78.5 Å². The van der Waals surface area contributed by atoms with E-state index in [2.05, 4.69) is 17.6 Å². The molecule has 1 aromatic carbocycles. The summed E-state index contributed by atoms with van der Waals surface area (Å²) in [4.78, 5) is 36.8. The minimum absolute atomic E-state index is 0.0275. The zero-order chi connectivity index (χ0) is 16.8. The van der Waals surface area contributed by atoms with Crippen LogP contribution in [0.2, 0.25) is 0 Å². The fourth-order valence-corrected chi connectivity index (χ4v) is 2.65. The number of hydrogen-bond acceptors (Lipinski definition) is 3. The zero-order valence-corrected chi connectivity index (χ0v) is 13.6. The molecule has 1 heterocycles. The van der Waals surface area contributed by atoms with Gasteiger partial charge in [-0.25, -0.2) is 0 Å². The molecule has 6 nitrogen and oxygen atoms in total. The smallest absolute Gasteiger partial charge is 0.227 e. The van der Waals surface area contributed by atoms with Gasteiger partial charge in [-0.3, -0.25) is 14.4 Å². The maximum Gasteiger partial charge on any atom is 0.227 e. The molecule has 0 spiro atoms. The fraction of sp³-hybridized carbons (Fsp3) is 0.471. The number of carbonyl (C=O) groups is 3. The molecule has 0 unspecified atom stereocenters. The number of nitrogens with one attached hydrogen (secondary N) is 2. The molecule has 1 aliphatic rings. The first kappa shape index (κ1) is 17.0. The Morgan fingerprint density at radius 1 is 1.26 bits per heavy atom. The summed E-state index contributed by atoms with van der Waals surface area (Å²) in [7, 11) is 0. The zero-order valence-electron chi connectivity index (χ0n) is 13.6. The maximum atomic E-state index is 12.2. The minimum Gasteiger partial charge on any atom is -0.355 e. The standard InChI is InChI=1S/C17H23N3O3/c1-3-13-5-4-6-15(9-13)20-11-14(10-16(20)22)17(23)19-8-7-18-12(2)21/h4-6,9,14H,3,7-8,10-11H2,1-2H3,(H,18,21)(H,19,23)/t14-/m1/s1. The van der Waals surface area contributed by atoms with E-state index in [1.807, 2.05) is 24.3 Å². The number of carbonyl (C=O) groups excluding carboxylic acids is 3. The summed E-state index contributed by atoms with van der Waals surface area (Å²) in [5, 5.41) is 5.38. The molecule has 1 fully saturated rings. The van der Waals surface area contributed by atoms with Crippen molar-refractivity contribution in [1.82, 2.24) is 10.6 Å². The Balaban J connectivity index is 1.91. The van der Waals surface area contributed by atoms with Crippen LogP contribution in [-0.4, -0.2) is 37.4 Å². The van der Waals surface area contributed by atoms with Gasteiger partial charge in [0.25, 0.3) is 0 Å². The van der Waals surface area contributed by atoms with E-state index in [4.69, 9.17) is 0 Å². The van der Waals surface area contributed by atoms with E-state index in [0.717, 1.165) is 12.1 Å². The van der Waals surface area contributed by atoms with E-state index in [1.54, 1.807) is 4.90 Å². The quantitative estimate of drug-likeness (QED) is 0.764. The van der Waals surface area contributed by atoms with Crippen LogP contribution in [0.4, 0.5) is 5.69 Å². The predicted molar refractivity (Wildman–Crippen MR) is 88.0 cm³/mol. The second kappa shape index (κ2) is 7.76. The predicted octanol–water partition coefficient (Wildman–Crippen LogP) is 0.854. The number of anilines is 1. The van der Waals surface area contributed by atoms with Crippen LogP contribution in [0.15, 0.2) is 24.3 Å². The summed E-state index contributed by atoms with van der Waals surface area (Å²) < 4.78 is 0. The molecule has 1 aliphatic heterocycles. The summed E-state index contributed by atoms with van der Waals surface area (Å²) >= 11 is 0. The highest BCUT2D eigenvalue weighted by Crippen LogP contribution is 2.26. The van der Waals surface area contributed by atoms with Gasteiger partial charge in [-0.05, 0) is 24.1 Å². The Morgan fingerprint density at radius 2 is 2.00 bits per heavy atom. The maximum absolute atomic E-state index is 12.2. The lowest BCUT2D eigenvalue weighted by atomic mass is 10.1. The summed E-state index contributed by atoms with van der Waals surface area (Å²) in [6.07, 6.45) is 1.13. The molecule has 0 aliphatic carbocycles. The van der Waals surface area contributed by atoms with Crippen molar-refractivity contribution in [1.29, 1.82) is 0 Å². The molecule has 0 saturated carbocycles. The number of nitrogens with zero attached hydrogens (tertiary/aromatic N) is 1. The van der Waals surface area contributed by atoms with Gasteiger partial charge in [0.05, 0.1) is 5.92 Å². The summed E-state index contributed by atoms with van der Waals surface area (Å²) in [6, 6.07) is 7.85. The second-order valence-electron chi connectivity index (χ2n) is 5.70. The van der Waals surface area contributed by atoms with Crippen molar-refractivity contribution in [2.24, 2.45) is 5.92 Å². The van der Waals surface area contributed by atoms with Crippen LogP contribution in [0.5, 0.6) is 0 Å². The highest BCUT2D eigenvalue weighted by molar-refractivity contribution is 6.00. The van der Waals surface area contributed by atoms with Crippen molar-refractivity contribution < 1.29 is 14.4 Å². The van der Waals surface area contributed by atoms with Crippen molar-refractivity contribution in [3.8, 4) is 0 Å². The van der Waals surface area contributed by atoms with Crippen LogP contribution in [0, 0.1) is 5.92 Å². The molecule has 2 rings (SSSR count). The van der Waals surface area contributed by atoms with Crippen LogP contribution >= 0.6 is 0 Å². The van der Waals surface area contributed by atoms with Crippen molar-refractivity contribution >= 4 is 23.4 Å². The molecular weight excluding hydrogens is 294 g/mol. The second-order valence-corrected chi connectivity index (χ2v) is 5.70. The van der Waals surface area contributed by atoms with Crippen LogP contribution < -0.4 is 15.5 Å². The Labute approximate surface area is 136 Å². The third-order valence-corrected chi connectivity index (χ3v) is 3.92. The fourth-order valence-electron chi connectivity index (χ4n) is 2.65. The first-order valence-electron chi connectivity index (χ1n) is 7.92. The number of aryl methyl sites for hydroxylation is 1. The van der Waals surface area contributed by atoms with Gasteiger partial charge in [-0.2, -0.15) is 0 Å². The van der Waals surface area contributed by atoms with Gasteiger partial charge >= 0.3 is 0 Å². The first-order valence-corrected chi connectivity index (χ1v) is 7.92. The average molecular weight is 317 g/mol. The number of amides is 3. The lowest BCUT2D eigenvalue weighted by molar-refractivity contribution is -0.126. The van der Waals surface area contributed by atoms with Crippen molar-refractivity contribution in [2.45, 2.75) is 26.7 Å². The number of benzene rings is 1. The first-order chi connectivity index (χ1) is 11.0. The molecule has 2 N–H and O–H groups in total. The highest BCUT2D eigenvalue weighted by atomic mass is 16.2. The highest BCUT2D eigenvalue weighted by Gasteiger charge is 2.34. The van der Waals surface area contributed by atoms with Crippen molar-refractivity contribution in [2.75, 3.05) is 24.5 Å². The Hall–Kier alpha value is -2.37. The Kier molecular flexibility index (Phi) is 5.73. The molecule has 124 valence electrons. The lowest BCUT2D eigenvalue weighted by Gasteiger charge is -2.17. The average Bonchev–Trinajstić information content (AvgIpc) is 2.93. The van der Waals surface area contributed by atoms with Crippen LogP contribution in [0.3, 0.4) is 0 Å². The summed E-state index contributed by atoms with van der Waals surface area (Å²) in [6.45, 7) is 4.66. The third kappa shape index (κ3) is 4.55. The molecule has 23 heavy (non-hydrogen) atoms. The molecule has 1 saturated heterocycles. The van der Waals surface area contributed by atoms with E-state index < -0.39 is 0 Å². The molecule has 0 bridgehead atoms. The number of hydrogen-bond donors (Lipinski definition) is 2. The van der Waals surface area contributed by atoms with E-state index in [0.29, 0.717) is 19.6 Å². The van der Waals surface area contributed by atoms with Crippen molar-refractivity contribution in [3.05, 3.63) is 29.8 Å². The summed E-state index contributed by atoms with van der Waals surface area (Å²) in [5.74, 6) is -0.638. The number of rotatable bonds is 6. The van der Waals surface area contributed by atoms with Gasteiger partial charge in [0, 0.05) is 38.7 Å². The van der Waals surface area contributed by atoms with Gasteiger partial charge in [0.2, 0.25) is 17.7 Å². The minimum atomic E-state index is -0.342. The molecule has 6 heteroatoms. The monoisotopic (exact) mass is 317 g/mol. The van der Waals surface area contributed by atoms with Crippen LogP contribution in [-0.2, 0) is 20.8 Å². The SMILES string of the molecule is CCc1cccc(N2C[C@H](C(=O)NCCNC(C)=O)CC2=O)c1. The van der Waals surface area contributed by atoms with Gasteiger partial charge in [0.1, 0.15) is 0 Å². The summed E-state index contributed by atoms with van der Waals surface area (Å²) in [5.41, 5.74) is 2.02. The lowest BCUT2D eigenvalue weighted by Crippen LogP contribution is -2.37. The van der Waals surface area contributed by atoms with Gasteiger partial charge in [0.15, 0.2) is 0 Å². The third-order valence-electron chi connectivity index (χ3n) is 3.92. The van der Waals surface area contributed by atoms with Crippen LogP contribution in [0.25, 0.3) is 0 Å². The molecule has 3 amide bonds. The molecule has 1 aromatic rings. The van der Waals surface area contributed by atoms with Gasteiger partial charge in [-0.1, -0.05) is 19.1 Å². The Bertz CT molecular complexity index is 601. The Morgan fingerprint density at radius 3 is 2.70 bits per heavy atom. The molecule has 1 atom stereocenters. The van der Waals surface area contributed by atoms with Gasteiger partial charge in [-0.15, -0.1) is 0 Å². The van der Waals surface area contributed by atoms with E-state index in [-0.39, 0.29) is 30.1 Å². The van der Waals surface area contributed by atoms with Crippen molar-refractivity contribution in [3.63, 3.8) is 0 Å². The normalized spacial score (nSPS) is 17.2. The van der Waals surface area contributed by atoms with E-state index in [9.17, 15) is 14.4 Å². The molecular formula is C17H23N3O3.